The number of hydrogen-bond acceptors (Lipinski definition) is 5. The topological polar surface area (TPSA) is 86.3 Å². The highest BCUT2D eigenvalue weighted by molar-refractivity contribution is 5.96. The zero-order chi connectivity index (χ0) is 19.8. The highest BCUT2D eigenvalue weighted by Gasteiger charge is 2.42. The molecule has 2 fully saturated rings. The summed E-state index contributed by atoms with van der Waals surface area (Å²) in [5.41, 5.74) is 9.01. The van der Waals surface area contributed by atoms with E-state index in [-0.39, 0.29) is 17.4 Å². The molecule has 1 atom stereocenters. The molecule has 1 spiro atoms. The van der Waals surface area contributed by atoms with E-state index in [0.29, 0.717) is 12.1 Å². The van der Waals surface area contributed by atoms with Gasteiger partial charge in [-0.2, -0.15) is 0 Å². The highest BCUT2D eigenvalue weighted by atomic mass is 16.5. The van der Waals surface area contributed by atoms with Crippen LogP contribution in [0, 0.1) is 5.41 Å². The minimum absolute atomic E-state index is 0.0257. The molecule has 0 radical (unpaired) electrons. The van der Waals surface area contributed by atoms with E-state index >= 15 is 0 Å². The van der Waals surface area contributed by atoms with Gasteiger partial charge in [0.2, 0.25) is 0 Å². The Morgan fingerprint density at radius 2 is 2.00 bits per heavy atom. The monoisotopic (exact) mass is 391 g/mol. The van der Waals surface area contributed by atoms with Crippen molar-refractivity contribution in [2.24, 2.45) is 11.1 Å². The number of carbonyl (C=O) groups excluding carboxylic acids is 1. The van der Waals surface area contributed by atoms with Gasteiger partial charge in [-0.1, -0.05) is 18.2 Å². The van der Waals surface area contributed by atoms with Gasteiger partial charge < -0.3 is 15.4 Å². The second-order valence-corrected chi connectivity index (χ2v) is 8.18. The molecule has 1 amide bonds. The van der Waals surface area contributed by atoms with Crippen LogP contribution in [0.4, 0.5) is 0 Å². The lowest BCUT2D eigenvalue weighted by Gasteiger charge is -2.38. The van der Waals surface area contributed by atoms with E-state index in [1.165, 1.54) is 0 Å². The molecule has 2 N–H and O–H groups in total. The molecular weight excluding hydrogens is 366 g/mol. The lowest BCUT2D eigenvalue weighted by Crippen LogP contribution is -2.43. The molecule has 7 nitrogen and oxygen atoms in total. The smallest absolute Gasteiger partial charge is 0.255 e. The minimum Gasteiger partial charge on any atom is -0.376 e. The predicted molar refractivity (Wildman–Crippen MR) is 110 cm³/mol. The van der Waals surface area contributed by atoms with Crippen LogP contribution in [0.5, 0.6) is 0 Å². The summed E-state index contributed by atoms with van der Waals surface area (Å²) in [4.78, 5) is 24.0. The maximum absolute atomic E-state index is 13.0. The van der Waals surface area contributed by atoms with Gasteiger partial charge in [0.25, 0.3) is 5.91 Å². The summed E-state index contributed by atoms with van der Waals surface area (Å²) in [5.74, 6) is 0.0257. The van der Waals surface area contributed by atoms with Crippen LogP contribution < -0.4 is 5.73 Å². The summed E-state index contributed by atoms with van der Waals surface area (Å²) in [6.07, 6.45) is 6.53. The van der Waals surface area contributed by atoms with Gasteiger partial charge in [0, 0.05) is 31.5 Å². The first kappa shape index (κ1) is 18.3. The molecule has 4 heterocycles. The zero-order valence-electron chi connectivity index (χ0n) is 16.3. The number of amides is 1. The molecule has 150 valence electrons. The molecule has 7 heteroatoms. The highest BCUT2D eigenvalue weighted by Crippen LogP contribution is 2.41. The number of rotatable bonds is 3. The molecule has 0 saturated carbocycles. The number of likely N-dealkylation sites (tertiary alicyclic amines) is 1. The molecule has 0 aliphatic carbocycles. The van der Waals surface area contributed by atoms with Gasteiger partial charge in [0.1, 0.15) is 11.8 Å². The molecular formula is C22H25N5O2. The van der Waals surface area contributed by atoms with Gasteiger partial charge in [0.05, 0.1) is 18.3 Å². The normalized spacial score (nSPS) is 21.1. The zero-order valence-corrected chi connectivity index (χ0v) is 16.3. The van der Waals surface area contributed by atoms with E-state index in [1.807, 2.05) is 45.9 Å². The fourth-order valence-electron chi connectivity index (χ4n) is 4.56. The minimum atomic E-state index is 0.0257. The molecule has 1 unspecified atom stereocenters. The van der Waals surface area contributed by atoms with Crippen LogP contribution >= 0.6 is 0 Å². The van der Waals surface area contributed by atoms with Gasteiger partial charge in [-0.25, -0.2) is 9.97 Å². The molecule has 3 aromatic rings. The Morgan fingerprint density at radius 3 is 2.72 bits per heavy atom. The molecule has 29 heavy (non-hydrogen) atoms. The number of benzene rings is 1. The summed E-state index contributed by atoms with van der Waals surface area (Å²) in [7, 11) is 0. The van der Waals surface area contributed by atoms with E-state index in [1.54, 1.807) is 12.5 Å². The Kier molecular flexibility index (Phi) is 4.56. The van der Waals surface area contributed by atoms with Gasteiger partial charge in [-0.05, 0) is 42.9 Å². The quantitative estimate of drug-likeness (QED) is 0.741. The van der Waals surface area contributed by atoms with Crippen LogP contribution in [0.15, 0.2) is 48.9 Å². The lowest BCUT2D eigenvalue weighted by molar-refractivity contribution is 0.0501. The molecule has 2 aromatic heterocycles. The van der Waals surface area contributed by atoms with Crippen LogP contribution in [-0.2, 0) is 4.74 Å². The largest absolute Gasteiger partial charge is 0.376 e. The molecule has 2 saturated heterocycles. The van der Waals surface area contributed by atoms with E-state index in [0.717, 1.165) is 55.8 Å². The van der Waals surface area contributed by atoms with Crippen LogP contribution in [0.25, 0.3) is 16.9 Å². The van der Waals surface area contributed by atoms with Crippen molar-refractivity contribution in [3.05, 3.63) is 54.5 Å². The van der Waals surface area contributed by atoms with Crippen molar-refractivity contribution >= 4 is 17.1 Å². The van der Waals surface area contributed by atoms with Crippen molar-refractivity contribution in [3.63, 3.8) is 0 Å². The number of imidazole rings is 1. The summed E-state index contributed by atoms with van der Waals surface area (Å²) in [5, 5.41) is 0. The first-order valence-corrected chi connectivity index (χ1v) is 10.2. The van der Waals surface area contributed by atoms with Crippen LogP contribution in [0.3, 0.4) is 0 Å². The molecule has 1 aromatic carbocycles. The Balaban J connectivity index is 1.32. The van der Waals surface area contributed by atoms with Crippen LogP contribution in [-0.4, -0.2) is 57.7 Å². The number of piperidine rings is 1. The number of aromatic nitrogens is 3. The fraction of sp³-hybridized carbons (Fsp3) is 0.409. The average Bonchev–Trinajstić information content (AvgIpc) is 3.38. The average molecular weight is 391 g/mol. The third kappa shape index (κ3) is 3.30. The Labute approximate surface area is 169 Å². The van der Waals surface area contributed by atoms with Crippen molar-refractivity contribution < 1.29 is 9.53 Å². The van der Waals surface area contributed by atoms with Crippen molar-refractivity contribution in [1.29, 1.82) is 0 Å². The first-order valence-electron chi connectivity index (χ1n) is 10.2. The van der Waals surface area contributed by atoms with E-state index in [4.69, 9.17) is 10.5 Å². The van der Waals surface area contributed by atoms with Gasteiger partial charge in [-0.15, -0.1) is 0 Å². The number of pyridine rings is 1. The van der Waals surface area contributed by atoms with Crippen molar-refractivity contribution in [2.45, 2.75) is 25.4 Å². The van der Waals surface area contributed by atoms with Gasteiger partial charge in [-0.3, -0.25) is 9.36 Å². The Bertz CT molecular complexity index is 1020. The second-order valence-electron chi connectivity index (χ2n) is 8.18. The molecule has 0 bridgehead atoms. The van der Waals surface area contributed by atoms with E-state index in [2.05, 4.69) is 9.97 Å². The van der Waals surface area contributed by atoms with E-state index < -0.39 is 0 Å². The molecule has 2 aliphatic rings. The number of nitrogens with two attached hydrogens (primary N) is 1. The fourth-order valence-corrected chi connectivity index (χ4v) is 4.56. The number of carbonyl (C=O) groups is 1. The number of nitrogens with zero attached hydrogens (tertiary/aromatic N) is 4. The summed E-state index contributed by atoms with van der Waals surface area (Å²) < 4.78 is 7.75. The lowest BCUT2D eigenvalue weighted by atomic mass is 9.76. The SMILES string of the molecule is NCC1CC2(CCN(C(=O)c3cnc4c(c3)ncn4-c3ccccc3)CC2)CO1. The third-order valence-corrected chi connectivity index (χ3v) is 6.33. The maximum Gasteiger partial charge on any atom is 0.255 e. The summed E-state index contributed by atoms with van der Waals surface area (Å²) in [6.45, 7) is 2.83. The van der Waals surface area contributed by atoms with Crippen molar-refractivity contribution in [2.75, 3.05) is 26.2 Å². The van der Waals surface area contributed by atoms with Crippen LogP contribution in [0.1, 0.15) is 29.6 Å². The number of ether oxygens (including phenoxy) is 1. The maximum atomic E-state index is 13.0. The van der Waals surface area contributed by atoms with Crippen LogP contribution in [0.2, 0.25) is 0 Å². The third-order valence-electron chi connectivity index (χ3n) is 6.33. The number of fused-ring (bicyclic) bond motifs is 1. The van der Waals surface area contributed by atoms with E-state index in [9.17, 15) is 4.79 Å². The summed E-state index contributed by atoms with van der Waals surface area (Å²) >= 11 is 0. The van der Waals surface area contributed by atoms with Crippen molar-refractivity contribution in [3.8, 4) is 5.69 Å². The Hall–Kier alpha value is -2.77. The molecule has 5 rings (SSSR count). The standard InChI is InChI=1S/C22H25N5O2/c23-12-18-11-22(14-29-18)6-8-26(9-7-22)21(28)16-10-19-20(24-13-16)27(15-25-19)17-4-2-1-3-5-17/h1-5,10,13,15,18H,6-9,11-12,14,23H2. The first-order chi connectivity index (χ1) is 14.2. The number of hydrogen-bond donors (Lipinski definition) is 1. The number of para-hydroxylation sites is 1. The second kappa shape index (κ2) is 7.24. The van der Waals surface area contributed by atoms with Crippen molar-refractivity contribution in [1.82, 2.24) is 19.4 Å². The van der Waals surface area contributed by atoms with Gasteiger partial charge >= 0.3 is 0 Å². The molecule has 2 aliphatic heterocycles. The van der Waals surface area contributed by atoms with Gasteiger partial charge in [0.15, 0.2) is 5.65 Å². The predicted octanol–water partition coefficient (Wildman–Crippen LogP) is 2.39. The summed E-state index contributed by atoms with van der Waals surface area (Å²) in [6, 6.07) is 11.8. The Morgan fingerprint density at radius 1 is 1.21 bits per heavy atom.